The molecule has 0 fully saturated rings. The molecule has 11 heavy (non-hydrogen) atoms. The van der Waals surface area contributed by atoms with Gasteiger partial charge in [0.05, 0.1) is 0 Å². The van der Waals surface area contributed by atoms with Crippen LogP contribution < -0.4 is 5.32 Å². The standard InChI is InChI=1S/C7H17NO.C2H6/c1-6(2)8-4-7(3)5-9;1-2/h6-9H,4-5H2,1-3H3;1-2H3. The van der Waals surface area contributed by atoms with Crippen molar-refractivity contribution in [2.45, 2.75) is 40.7 Å². The van der Waals surface area contributed by atoms with Gasteiger partial charge >= 0.3 is 0 Å². The van der Waals surface area contributed by atoms with Crippen LogP contribution in [0.1, 0.15) is 34.6 Å². The lowest BCUT2D eigenvalue weighted by Crippen LogP contribution is -2.29. The highest BCUT2D eigenvalue weighted by atomic mass is 16.3. The van der Waals surface area contributed by atoms with Crippen molar-refractivity contribution in [3.05, 3.63) is 0 Å². The molecule has 2 N–H and O–H groups in total. The van der Waals surface area contributed by atoms with Gasteiger partial charge in [-0.15, -0.1) is 0 Å². The molecule has 2 heteroatoms. The molecule has 0 rings (SSSR count). The van der Waals surface area contributed by atoms with E-state index in [2.05, 4.69) is 19.2 Å². The van der Waals surface area contributed by atoms with E-state index in [1.807, 2.05) is 20.8 Å². The van der Waals surface area contributed by atoms with Gasteiger partial charge < -0.3 is 10.4 Å². The normalized spacial score (nSPS) is 12.3. The average molecular weight is 161 g/mol. The third kappa shape index (κ3) is 13.0. The summed E-state index contributed by atoms with van der Waals surface area (Å²) in [6.07, 6.45) is 0. The summed E-state index contributed by atoms with van der Waals surface area (Å²) in [6.45, 7) is 11.4. The molecule has 1 atom stereocenters. The van der Waals surface area contributed by atoms with Crippen LogP contribution in [-0.2, 0) is 0 Å². The van der Waals surface area contributed by atoms with E-state index in [9.17, 15) is 0 Å². The molecule has 0 aliphatic carbocycles. The summed E-state index contributed by atoms with van der Waals surface area (Å²) in [6, 6.07) is 0.527. The molecule has 0 bridgehead atoms. The van der Waals surface area contributed by atoms with Gasteiger partial charge in [-0.3, -0.25) is 0 Å². The maximum Gasteiger partial charge on any atom is 0.0468 e. The fraction of sp³-hybridized carbons (Fsp3) is 1.00. The van der Waals surface area contributed by atoms with E-state index in [0.717, 1.165) is 6.54 Å². The maximum atomic E-state index is 8.61. The molecule has 0 saturated carbocycles. The van der Waals surface area contributed by atoms with Crippen molar-refractivity contribution in [1.29, 1.82) is 0 Å². The Hall–Kier alpha value is -0.0800. The van der Waals surface area contributed by atoms with E-state index in [1.165, 1.54) is 0 Å². The molecule has 0 aliphatic heterocycles. The first-order valence-electron chi connectivity index (χ1n) is 4.51. The largest absolute Gasteiger partial charge is 0.396 e. The molecule has 2 nitrogen and oxygen atoms in total. The Morgan fingerprint density at radius 3 is 1.91 bits per heavy atom. The van der Waals surface area contributed by atoms with Crippen LogP contribution in [0.5, 0.6) is 0 Å². The van der Waals surface area contributed by atoms with Crippen molar-refractivity contribution in [3.8, 4) is 0 Å². The molecular weight excluding hydrogens is 138 g/mol. The minimum atomic E-state index is 0.278. The topological polar surface area (TPSA) is 32.3 Å². The van der Waals surface area contributed by atoms with E-state index < -0.39 is 0 Å². The van der Waals surface area contributed by atoms with Gasteiger partial charge in [0, 0.05) is 19.2 Å². The summed E-state index contributed by atoms with van der Waals surface area (Å²) in [7, 11) is 0. The summed E-state index contributed by atoms with van der Waals surface area (Å²) in [5.41, 5.74) is 0. The van der Waals surface area contributed by atoms with Gasteiger partial charge in [-0.25, -0.2) is 0 Å². The second-order valence-corrected chi connectivity index (χ2v) is 2.85. The van der Waals surface area contributed by atoms with E-state index in [1.54, 1.807) is 0 Å². The highest BCUT2D eigenvalue weighted by Crippen LogP contribution is 1.89. The SMILES string of the molecule is CC.CC(CO)CNC(C)C. The molecule has 0 heterocycles. The van der Waals surface area contributed by atoms with Gasteiger partial charge in [-0.1, -0.05) is 34.6 Å². The number of hydrogen-bond acceptors (Lipinski definition) is 2. The number of nitrogens with one attached hydrogen (secondary N) is 1. The Balaban J connectivity index is 0. The molecule has 0 aromatic heterocycles. The lowest BCUT2D eigenvalue weighted by atomic mass is 10.2. The zero-order chi connectivity index (χ0) is 9.28. The zero-order valence-corrected chi connectivity index (χ0v) is 8.52. The molecule has 0 aromatic rings. The number of rotatable bonds is 4. The van der Waals surface area contributed by atoms with E-state index in [4.69, 9.17) is 5.11 Å². The fourth-order valence-corrected chi connectivity index (χ4v) is 0.501. The van der Waals surface area contributed by atoms with Gasteiger partial charge in [-0.2, -0.15) is 0 Å². The monoisotopic (exact) mass is 161 g/mol. The van der Waals surface area contributed by atoms with Crippen molar-refractivity contribution < 1.29 is 5.11 Å². The second-order valence-electron chi connectivity index (χ2n) is 2.85. The molecule has 0 spiro atoms. The first-order chi connectivity index (χ1) is 5.16. The van der Waals surface area contributed by atoms with Gasteiger partial charge in [0.25, 0.3) is 0 Å². The van der Waals surface area contributed by atoms with Crippen molar-refractivity contribution in [3.63, 3.8) is 0 Å². The predicted octanol–water partition coefficient (Wildman–Crippen LogP) is 1.64. The summed E-state index contributed by atoms with van der Waals surface area (Å²) >= 11 is 0. The summed E-state index contributed by atoms with van der Waals surface area (Å²) in [4.78, 5) is 0. The van der Waals surface area contributed by atoms with Gasteiger partial charge in [0.1, 0.15) is 0 Å². The molecule has 70 valence electrons. The summed E-state index contributed by atoms with van der Waals surface area (Å²) in [5, 5.41) is 11.8. The van der Waals surface area contributed by atoms with E-state index in [-0.39, 0.29) is 6.61 Å². The van der Waals surface area contributed by atoms with E-state index >= 15 is 0 Å². The Morgan fingerprint density at radius 1 is 1.18 bits per heavy atom. The lowest BCUT2D eigenvalue weighted by molar-refractivity contribution is 0.231. The summed E-state index contributed by atoms with van der Waals surface area (Å²) < 4.78 is 0. The van der Waals surface area contributed by atoms with Crippen LogP contribution in [0.3, 0.4) is 0 Å². The quantitative estimate of drug-likeness (QED) is 0.657. The van der Waals surface area contributed by atoms with Gasteiger partial charge in [-0.05, 0) is 5.92 Å². The van der Waals surface area contributed by atoms with Crippen LogP contribution in [0.4, 0.5) is 0 Å². The third-order valence-corrected chi connectivity index (χ3v) is 1.19. The third-order valence-electron chi connectivity index (χ3n) is 1.19. The van der Waals surface area contributed by atoms with Crippen molar-refractivity contribution in [1.82, 2.24) is 5.32 Å². The Morgan fingerprint density at radius 2 is 1.64 bits per heavy atom. The minimum absolute atomic E-state index is 0.278. The fourth-order valence-electron chi connectivity index (χ4n) is 0.501. The smallest absolute Gasteiger partial charge is 0.0468 e. The molecule has 0 aliphatic rings. The Labute approximate surface area is 71.0 Å². The Kier molecular flexibility index (Phi) is 12.2. The number of aliphatic hydroxyl groups excluding tert-OH is 1. The van der Waals surface area contributed by atoms with Crippen LogP contribution in [0, 0.1) is 5.92 Å². The molecular formula is C9H23NO. The van der Waals surface area contributed by atoms with Crippen LogP contribution in [0.25, 0.3) is 0 Å². The first kappa shape index (κ1) is 13.5. The average Bonchev–Trinajstić information content (AvgIpc) is 2.04. The molecule has 0 saturated heterocycles. The van der Waals surface area contributed by atoms with Crippen molar-refractivity contribution >= 4 is 0 Å². The van der Waals surface area contributed by atoms with Gasteiger partial charge in [0.15, 0.2) is 0 Å². The highest BCUT2D eigenvalue weighted by Gasteiger charge is 1.98. The zero-order valence-electron chi connectivity index (χ0n) is 8.52. The van der Waals surface area contributed by atoms with Crippen molar-refractivity contribution in [2.24, 2.45) is 5.92 Å². The lowest BCUT2D eigenvalue weighted by Gasteiger charge is -2.11. The highest BCUT2D eigenvalue weighted by molar-refractivity contribution is 4.57. The minimum Gasteiger partial charge on any atom is -0.396 e. The van der Waals surface area contributed by atoms with Crippen molar-refractivity contribution in [2.75, 3.05) is 13.2 Å². The van der Waals surface area contributed by atoms with Crippen LogP contribution in [0.15, 0.2) is 0 Å². The maximum absolute atomic E-state index is 8.61. The predicted molar refractivity (Wildman–Crippen MR) is 50.7 cm³/mol. The van der Waals surface area contributed by atoms with Crippen LogP contribution in [-0.4, -0.2) is 24.3 Å². The first-order valence-corrected chi connectivity index (χ1v) is 4.51. The van der Waals surface area contributed by atoms with Crippen LogP contribution in [0.2, 0.25) is 0 Å². The van der Waals surface area contributed by atoms with Gasteiger partial charge in [0.2, 0.25) is 0 Å². The molecule has 0 radical (unpaired) electrons. The molecule has 1 unspecified atom stereocenters. The number of hydrogen-bond donors (Lipinski definition) is 2. The summed E-state index contributed by atoms with van der Waals surface area (Å²) in [5.74, 6) is 0.382. The van der Waals surface area contributed by atoms with E-state index in [0.29, 0.717) is 12.0 Å². The molecule has 0 amide bonds. The number of aliphatic hydroxyl groups is 1. The second kappa shape index (κ2) is 9.92. The Bertz CT molecular complexity index is 64.6. The van der Waals surface area contributed by atoms with Crippen LogP contribution >= 0.6 is 0 Å². The molecule has 0 aromatic carbocycles.